The van der Waals surface area contributed by atoms with Gasteiger partial charge in [-0.25, -0.2) is 28.7 Å². The molecule has 0 fully saturated rings. The van der Waals surface area contributed by atoms with Crippen molar-refractivity contribution in [1.82, 2.24) is 33.6 Å². The molecule has 3 N–H and O–H groups in total. The highest BCUT2D eigenvalue weighted by Crippen LogP contribution is 2.38. The number of aliphatic carboxylic acids is 1. The minimum atomic E-state index is -4.99. The highest BCUT2D eigenvalue weighted by Gasteiger charge is 2.39. The number of nitrogens with one attached hydrogen (secondary N) is 2. The number of carboxylic acid groups (broad SMARTS) is 1. The highest BCUT2D eigenvalue weighted by molar-refractivity contribution is 7.90. The number of carbonyl (C=O) groups excluding carboxylic acids is 2. The number of carbonyl (C=O) groups is 3. The standard InChI is InChI=1S/C18H17FN4O2S.C13H12F3N5O5S.C11H8ClNO3/c1-4-5-22-13-7-12(11(19)6-14(13)25-9-16(22)24)20-17-23-10-18(2,3)8-15(23)21-26-17;1-25-8-6-9(26-2)19-11(18-8)20-12(22)21-27(23,24)10-7(13(14,15)16)4-3-5-17-10;12-8-3-4-9(16-6-10(14)15)11-7(8)2-1-5-13-11/h1,6-7H,5,8-10H2,2-3H3;3-6H,1-2H3,(H2,18,19,20,21,22);1-5H,6H2,(H,14,15). The van der Waals surface area contributed by atoms with E-state index < -0.39 is 57.2 Å². The largest absolute Gasteiger partial charge is 0.481 e. The third kappa shape index (κ3) is 12.5. The Morgan fingerprint density at radius 2 is 1.77 bits per heavy atom. The summed E-state index contributed by atoms with van der Waals surface area (Å²) in [6.45, 7) is 4.66. The number of ether oxygens (including phenoxy) is 4. The van der Waals surface area contributed by atoms with Gasteiger partial charge in [-0.2, -0.15) is 35.9 Å². The van der Waals surface area contributed by atoms with Gasteiger partial charge >= 0.3 is 18.2 Å². The third-order valence-corrected chi connectivity index (χ3v) is 11.7. The monoisotopic (exact) mass is 1020 g/mol. The molecule has 6 aromatic rings. The van der Waals surface area contributed by atoms with Crippen LogP contribution in [0.25, 0.3) is 10.9 Å². The minimum absolute atomic E-state index is 0.0101. The van der Waals surface area contributed by atoms with Gasteiger partial charge in [0.2, 0.25) is 22.5 Å². The molecule has 2 aliphatic rings. The number of anilines is 2. The topological polar surface area (TPSA) is 252 Å². The predicted octanol–water partition coefficient (Wildman–Crippen LogP) is 6.03. The summed E-state index contributed by atoms with van der Waals surface area (Å²) in [7, 11) is -2.39. The summed E-state index contributed by atoms with van der Waals surface area (Å²) in [5, 5.41) is 10.4. The molecule has 0 saturated heterocycles. The SMILES string of the molecule is C#CCN1C(=O)COc2cc(F)c(N=c3snc4n3CC(C)(C)C4)cc21.COc1cc(OC)nc(NC(=O)NS(=O)(=O)c2ncccc2C(F)(F)F)n1.O=C(O)COc1ccc(Cl)c2cccnc12. The lowest BCUT2D eigenvalue weighted by molar-refractivity contribution is -0.140. The highest BCUT2D eigenvalue weighted by atomic mass is 35.5. The maximum atomic E-state index is 14.5. The fourth-order valence-corrected chi connectivity index (χ4v) is 8.44. The van der Waals surface area contributed by atoms with E-state index >= 15 is 0 Å². The van der Waals surface area contributed by atoms with Crippen LogP contribution >= 0.6 is 23.1 Å². The minimum Gasteiger partial charge on any atom is -0.481 e. The van der Waals surface area contributed by atoms with Crippen molar-refractivity contribution in [1.29, 1.82) is 0 Å². The number of aromatic nitrogens is 6. The second-order valence-electron chi connectivity index (χ2n) is 15.0. The molecule has 2 aliphatic heterocycles. The Labute approximate surface area is 398 Å². The summed E-state index contributed by atoms with van der Waals surface area (Å²) < 4.78 is 106. The van der Waals surface area contributed by atoms with Crippen LogP contribution in [-0.2, 0) is 38.8 Å². The molecule has 362 valence electrons. The molecule has 0 atom stereocenters. The average Bonchev–Trinajstić information content (AvgIpc) is 3.81. The number of halogens is 5. The number of rotatable bonds is 10. The quantitative estimate of drug-likeness (QED) is 0.105. The van der Waals surface area contributed by atoms with Crippen molar-refractivity contribution in [3.05, 3.63) is 94.0 Å². The molecule has 4 aromatic heterocycles. The number of amides is 3. The van der Waals surface area contributed by atoms with Gasteiger partial charge in [-0.05, 0) is 47.9 Å². The molecule has 0 unspecified atom stereocenters. The summed E-state index contributed by atoms with van der Waals surface area (Å²) in [4.78, 5) is 55.6. The molecule has 69 heavy (non-hydrogen) atoms. The number of urea groups is 1. The summed E-state index contributed by atoms with van der Waals surface area (Å²) >= 11 is 7.22. The van der Waals surface area contributed by atoms with E-state index in [0.717, 1.165) is 36.4 Å². The first kappa shape index (κ1) is 50.8. The van der Waals surface area contributed by atoms with Crippen LogP contribution in [0.2, 0.25) is 5.02 Å². The fourth-order valence-electron chi connectivity index (χ4n) is 6.40. The van der Waals surface area contributed by atoms with Gasteiger partial charge in [0.1, 0.15) is 28.5 Å². The number of benzene rings is 2. The van der Waals surface area contributed by atoms with Crippen molar-refractivity contribution in [2.45, 2.75) is 38.0 Å². The van der Waals surface area contributed by atoms with Gasteiger partial charge in [-0.3, -0.25) is 20.0 Å². The van der Waals surface area contributed by atoms with E-state index in [1.54, 1.807) is 30.5 Å². The van der Waals surface area contributed by atoms with Crippen molar-refractivity contribution in [2.75, 3.05) is 44.2 Å². The van der Waals surface area contributed by atoms with Crippen LogP contribution in [0.15, 0.2) is 77.0 Å². The number of carboxylic acids is 1. The zero-order valence-electron chi connectivity index (χ0n) is 36.4. The van der Waals surface area contributed by atoms with E-state index in [9.17, 15) is 40.4 Å². The molecule has 0 radical (unpaired) electrons. The first-order valence-corrected chi connectivity index (χ1v) is 22.3. The van der Waals surface area contributed by atoms with Gasteiger partial charge in [0.25, 0.3) is 15.9 Å². The molecule has 20 nitrogen and oxygen atoms in total. The van der Waals surface area contributed by atoms with Gasteiger partial charge in [-0.15, -0.1) is 6.42 Å². The fraction of sp³-hybridized carbons (Fsp3) is 0.262. The van der Waals surface area contributed by atoms with Gasteiger partial charge in [-0.1, -0.05) is 31.4 Å². The van der Waals surface area contributed by atoms with E-state index in [1.165, 1.54) is 53.6 Å². The van der Waals surface area contributed by atoms with E-state index in [0.29, 0.717) is 38.6 Å². The van der Waals surface area contributed by atoms with E-state index in [2.05, 4.69) is 49.1 Å². The number of alkyl halides is 3. The van der Waals surface area contributed by atoms with Gasteiger partial charge in [0.05, 0.1) is 43.1 Å². The van der Waals surface area contributed by atoms with Crippen LogP contribution in [-0.4, -0.2) is 94.3 Å². The average molecular weight is 1020 g/mol. The number of sulfonamides is 1. The Hall–Kier alpha value is -7.63. The Balaban J connectivity index is 0.000000176. The second-order valence-corrected chi connectivity index (χ2v) is 17.7. The molecule has 0 saturated carbocycles. The molecule has 2 aromatic carbocycles. The number of nitrogens with zero attached hydrogens (tertiary/aromatic N) is 8. The van der Waals surface area contributed by atoms with Gasteiger partial charge in [0, 0.05) is 48.3 Å². The van der Waals surface area contributed by atoms with E-state index in [-0.39, 0.29) is 41.9 Å². The van der Waals surface area contributed by atoms with Crippen LogP contribution in [0.1, 0.15) is 25.2 Å². The van der Waals surface area contributed by atoms with E-state index in [1.807, 2.05) is 9.88 Å². The molecular formula is C42H37ClF4N10O10S2. The summed E-state index contributed by atoms with van der Waals surface area (Å²) in [5.74, 6) is 1.89. The molecule has 6 heterocycles. The predicted molar refractivity (Wildman–Crippen MR) is 239 cm³/mol. The third-order valence-electron chi connectivity index (χ3n) is 9.35. The molecular weight excluding hydrogens is 980 g/mol. The van der Waals surface area contributed by atoms with Crippen molar-refractivity contribution < 1.29 is 64.4 Å². The number of fused-ring (bicyclic) bond motifs is 3. The lowest BCUT2D eigenvalue weighted by Crippen LogP contribution is -2.39. The number of pyridine rings is 2. The zero-order valence-corrected chi connectivity index (χ0v) is 38.8. The van der Waals surface area contributed by atoms with Crippen LogP contribution in [0, 0.1) is 23.6 Å². The van der Waals surface area contributed by atoms with Crippen molar-refractivity contribution in [3.63, 3.8) is 0 Å². The summed E-state index contributed by atoms with van der Waals surface area (Å²) in [6, 6.07) is 10.9. The van der Waals surface area contributed by atoms with Crippen molar-refractivity contribution in [2.24, 2.45) is 10.4 Å². The second kappa shape index (κ2) is 21.1. The van der Waals surface area contributed by atoms with Crippen LogP contribution < -0.4 is 38.7 Å². The lowest BCUT2D eigenvalue weighted by Gasteiger charge is -2.28. The van der Waals surface area contributed by atoms with Crippen LogP contribution in [0.5, 0.6) is 23.3 Å². The molecule has 0 bridgehead atoms. The van der Waals surface area contributed by atoms with Gasteiger partial charge in [0.15, 0.2) is 24.1 Å². The van der Waals surface area contributed by atoms with Crippen molar-refractivity contribution >= 4 is 79.3 Å². The maximum Gasteiger partial charge on any atom is 0.419 e. The molecule has 27 heteroatoms. The van der Waals surface area contributed by atoms with Crippen molar-refractivity contribution in [3.8, 4) is 35.6 Å². The lowest BCUT2D eigenvalue weighted by atomic mass is 9.92. The smallest absolute Gasteiger partial charge is 0.419 e. The Morgan fingerprint density at radius 3 is 2.43 bits per heavy atom. The van der Waals surface area contributed by atoms with Crippen LogP contribution in [0.3, 0.4) is 0 Å². The first-order valence-electron chi connectivity index (χ1n) is 19.6. The van der Waals surface area contributed by atoms with Gasteiger partial charge < -0.3 is 28.6 Å². The zero-order chi connectivity index (χ0) is 50.3. The number of hydrogen-bond acceptors (Lipinski definition) is 16. The Bertz CT molecular complexity index is 3140. The Morgan fingerprint density at radius 1 is 1.07 bits per heavy atom. The number of terminal acetylenes is 1. The molecule has 3 amide bonds. The Kier molecular flexibility index (Phi) is 15.5. The molecule has 0 aliphatic carbocycles. The van der Waals surface area contributed by atoms with E-state index in [4.69, 9.17) is 42.1 Å². The normalized spacial score (nSPS) is 13.8. The summed E-state index contributed by atoms with van der Waals surface area (Å²) in [5.41, 5.74) is -0.279. The summed E-state index contributed by atoms with van der Waals surface area (Å²) in [6.07, 6.45) is 3.68. The number of methoxy groups -OCH3 is 2. The maximum absolute atomic E-state index is 14.5. The first-order chi connectivity index (χ1) is 32.6. The number of hydrogen-bond donors (Lipinski definition) is 3. The van der Waals surface area contributed by atoms with Crippen LogP contribution in [0.4, 0.5) is 39.7 Å². The molecule has 8 rings (SSSR count). The molecule has 0 spiro atoms.